The smallest absolute Gasteiger partial charge is 0.496 e. The Labute approximate surface area is 121 Å². The van der Waals surface area contributed by atoms with Crippen LogP contribution in [-0.2, 0) is 6.42 Å². The largest absolute Gasteiger partial charge is 0.573 e. The fourth-order valence-corrected chi connectivity index (χ4v) is 2.61. The molecule has 2 N–H and O–H groups in total. The van der Waals surface area contributed by atoms with Gasteiger partial charge in [0.2, 0.25) is 0 Å². The molecule has 0 amide bonds. The van der Waals surface area contributed by atoms with E-state index in [2.05, 4.69) is 4.74 Å². The lowest BCUT2D eigenvalue weighted by Crippen LogP contribution is -2.45. The highest BCUT2D eigenvalue weighted by Gasteiger charge is 2.31. The topological polar surface area (TPSA) is 47.7 Å². The molecule has 1 aliphatic rings. The number of rotatable bonds is 4. The first-order chi connectivity index (χ1) is 9.89. The van der Waals surface area contributed by atoms with Crippen LogP contribution in [0.5, 0.6) is 11.5 Å². The van der Waals surface area contributed by atoms with E-state index >= 15 is 0 Å². The van der Waals surface area contributed by atoms with Crippen LogP contribution < -0.4 is 15.3 Å². The molecule has 1 heterocycles. The number of alkyl halides is 3. The average molecular weight is 304 g/mol. The molecule has 0 radical (unpaired) electrons. The predicted molar refractivity (Wildman–Crippen MR) is 71.9 cm³/mol. The summed E-state index contributed by atoms with van der Waals surface area (Å²) in [5.74, 6) is 6.25. The molecule has 1 saturated heterocycles. The van der Waals surface area contributed by atoms with E-state index in [1.165, 1.54) is 25.3 Å². The molecule has 1 aliphatic heterocycles. The molecule has 0 aromatic heterocycles. The minimum Gasteiger partial charge on any atom is -0.496 e. The van der Waals surface area contributed by atoms with E-state index in [0.29, 0.717) is 17.7 Å². The van der Waals surface area contributed by atoms with E-state index in [1.54, 1.807) is 5.01 Å². The number of hydrazine groups is 1. The van der Waals surface area contributed by atoms with Gasteiger partial charge in [0.25, 0.3) is 0 Å². The van der Waals surface area contributed by atoms with Crippen LogP contribution in [0.3, 0.4) is 0 Å². The Bertz CT molecular complexity index is 480. The second kappa shape index (κ2) is 6.53. The standard InChI is InChI=1S/C14H19F3N2O2/c1-20-13-6-5-12(21-14(15,16)17)9-10(13)8-11-4-2-3-7-19(11)18/h5-6,9,11H,2-4,7-8,18H2,1H3. The Hall–Kier alpha value is -1.47. The van der Waals surface area contributed by atoms with Gasteiger partial charge < -0.3 is 9.47 Å². The van der Waals surface area contributed by atoms with Gasteiger partial charge in [0.15, 0.2) is 0 Å². The highest BCUT2D eigenvalue weighted by molar-refractivity contribution is 5.41. The van der Waals surface area contributed by atoms with Crippen LogP contribution in [0.2, 0.25) is 0 Å². The van der Waals surface area contributed by atoms with Crippen molar-refractivity contribution in [1.29, 1.82) is 0 Å². The SMILES string of the molecule is COc1ccc(OC(F)(F)F)cc1CC1CCCCN1N. The second-order valence-electron chi connectivity index (χ2n) is 5.11. The van der Waals surface area contributed by atoms with Crippen molar-refractivity contribution >= 4 is 0 Å². The highest BCUT2D eigenvalue weighted by Crippen LogP contribution is 2.30. The molecule has 1 atom stereocenters. The van der Waals surface area contributed by atoms with E-state index in [-0.39, 0.29) is 11.8 Å². The molecule has 0 saturated carbocycles. The van der Waals surface area contributed by atoms with Crippen LogP contribution >= 0.6 is 0 Å². The van der Waals surface area contributed by atoms with Crippen molar-refractivity contribution in [2.45, 2.75) is 38.1 Å². The van der Waals surface area contributed by atoms with Gasteiger partial charge in [0.05, 0.1) is 7.11 Å². The zero-order chi connectivity index (χ0) is 15.5. The summed E-state index contributed by atoms with van der Waals surface area (Å²) in [5.41, 5.74) is 0.668. The van der Waals surface area contributed by atoms with Crippen LogP contribution in [0.4, 0.5) is 13.2 Å². The van der Waals surface area contributed by atoms with E-state index in [9.17, 15) is 13.2 Å². The third-order valence-electron chi connectivity index (χ3n) is 3.61. The lowest BCUT2D eigenvalue weighted by molar-refractivity contribution is -0.274. The molecule has 7 heteroatoms. The van der Waals surface area contributed by atoms with Crippen LogP contribution in [0.15, 0.2) is 18.2 Å². The first-order valence-electron chi connectivity index (χ1n) is 6.83. The maximum atomic E-state index is 12.3. The molecule has 21 heavy (non-hydrogen) atoms. The van der Waals surface area contributed by atoms with E-state index in [4.69, 9.17) is 10.6 Å². The minimum absolute atomic E-state index is 0.105. The van der Waals surface area contributed by atoms with Gasteiger partial charge in [-0.05, 0) is 43.0 Å². The number of halogens is 3. The average Bonchev–Trinajstić information content (AvgIpc) is 2.40. The first kappa shape index (κ1) is 15.9. The Morgan fingerprint density at radius 3 is 2.71 bits per heavy atom. The summed E-state index contributed by atoms with van der Waals surface area (Å²) in [4.78, 5) is 0. The maximum Gasteiger partial charge on any atom is 0.573 e. The van der Waals surface area contributed by atoms with Crippen LogP contribution in [0, 0.1) is 0 Å². The van der Waals surface area contributed by atoms with Crippen LogP contribution in [0.25, 0.3) is 0 Å². The summed E-state index contributed by atoms with van der Waals surface area (Å²) in [6.45, 7) is 0.797. The molecule has 4 nitrogen and oxygen atoms in total. The number of methoxy groups -OCH3 is 1. The number of piperidine rings is 1. The summed E-state index contributed by atoms with van der Waals surface area (Å²) in [7, 11) is 1.49. The lowest BCUT2D eigenvalue weighted by Gasteiger charge is -2.32. The molecular weight excluding hydrogens is 285 g/mol. The fourth-order valence-electron chi connectivity index (χ4n) is 2.61. The quantitative estimate of drug-likeness (QED) is 0.869. The number of hydrogen-bond donors (Lipinski definition) is 1. The molecule has 0 bridgehead atoms. The number of nitrogens with zero attached hydrogens (tertiary/aromatic N) is 1. The molecule has 1 aromatic rings. The number of hydrogen-bond acceptors (Lipinski definition) is 4. The normalized spacial score (nSPS) is 20.3. The molecule has 0 spiro atoms. The number of benzene rings is 1. The second-order valence-corrected chi connectivity index (χ2v) is 5.11. The van der Waals surface area contributed by atoms with Crippen LogP contribution in [-0.4, -0.2) is 31.1 Å². The van der Waals surface area contributed by atoms with Gasteiger partial charge in [0.1, 0.15) is 11.5 Å². The number of nitrogens with two attached hydrogens (primary N) is 1. The van der Waals surface area contributed by atoms with E-state index in [0.717, 1.165) is 25.8 Å². The highest BCUT2D eigenvalue weighted by atomic mass is 19.4. The summed E-state index contributed by atoms with van der Waals surface area (Å²) >= 11 is 0. The zero-order valence-corrected chi connectivity index (χ0v) is 11.8. The third kappa shape index (κ3) is 4.50. The maximum absolute atomic E-state index is 12.3. The van der Waals surface area contributed by atoms with Crippen molar-refractivity contribution < 1.29 is 22.6 Å². The fraction of sp³-hybridized carbons (Fsp3) is 0.571. The third-order valence-corrected chi connectivity index (χ3v) is 3.61. The number of ether oxygens (including phenoxy) is 2. The van der Waals surface area contributed by atoms with Gasteiger partial charge in [-0.1, -0.05) is 6.42 Å². The Kier molecular flexibility index (Phi) is 4.95. The molecule has 1 aromatic carbocycles. The van der Waals surface area contributed by atoms with Gasteiger partial charge in [-0.3, -0.25) is 5.84 Å². The van der Waals surface area contributed by atoms with Crippen molar-refractivity contribution in [2.24, 2.45) is 5.84 Å². The van der Waals surface area contributed by atoms with Crippen LogP contribution in [0.1, 0.15) is 24.8 Å². The molecule has 118 valence electrons. The van der Waals surface area contributed by atoms with Crippen molar-refractivity contribution in [2.75, 3.05) is 13.7 Å². The molecule has 1 unspecified atom stereocenters. The Balaban J connectivity index is 2.17. The van der Waals surface area contributed by atoms with Crippen molar-refractivity contribution in [3.8, 4) is 11.5 Å². The van der Waals surface area contributed by atoms with Gasteiger partial charge >= 0.3 is 6.36 Å². The molecule has 0 aliphatic carbocycles. The van der Waals surface area contributed by atoms with E-state index in [1.807, 2.05) is 0 Å². The monoisotopic (exact) mass is 304 g/mol. The summed E-state index contributed by atoms with van der Waals surface area (Å²) in [6.07, 6.45) is -1.13. The molecule has 1 fully saturated rings. The van der Waals surface area contributed by atoms with Gasteiger partial charge in [0, 0.05) is 12.6 Å². The van der Waals surface area contributed by atoms with Crippen molar-refractivity contribution in [3.63, 3.8) is 0 Å². The Morgan fingerprint density at radius 1 is 1.33 bits per heavy atom. The summed E-state index contributed by atoms with van der Waals surface area (Å²) in [6, 6.07) is 4.21. The van der Waals surface area contributed by atoms with Crippen molar-refractivity contribution in [1.82, 2.24) is 5.01 Å². The van der Waals surface area contributed by atoms with E-state index < -0.39 is 6.36 Å². The minimum atomic E-state index is -4.70. The summed E-state index contributed by atoms with van der Waals surface area (Å²) < 4.78 is 46.1. The van der Waals surface area contributed by atoms with Crippen molar-refractivity contribution in [3.05, 3.63) is 23.8 Å². The zero-order valence-electron chi connectivity index (χ0n) is 11.8. The predicted octanol–water partition coefficient (Wildman–Crippen LogP) is 2.86. The Morgan fingerprint density at radius 2 is 2.10 bits per heavy atom. The van der Waals surface area contributed by atoms with Gasteiger partial charge in [-0.2, -0.15) is 0 Å². The lowest BCUT2D eigenvalue weighted by atomic mass is 9.96. The molecular formula is C14H19F3N2O2. The first-order valence-corrected chi connectivity index (χ1v) is 6.83. The van der Waals surface area contributed by atoms with Gasteiger partial charge in [-0.25, -0.2) is 5.01 Å². The molecule has 2 rings (SSSR count). The summed E-state index contributed by atoms with van der Waals surface area (Å²) in [5, 5.41) is 1.75. The van der Waals surface area contributed by atoms with Gasteiger partial charge in [-0.15, -0.1) is 13.2 Å².